The highest BCUT2D eigenvalue weighted by Crippen LogP contribution is 2.17. The van der Waals surface area contributed by atoms with Crippen molar-refractivity contribution in [3.63, 3.8) is 0 Å². The van der Waals surface area contributed by atoms with Gasteiger partial charge in [0.25, 0.3) is 0 Å². The fraction of sp³-hybridized carbons (Fsp3) is 0.818. The topological polar surface area (TPSA) is 41.5 Å². The maximum absolute atomic E-state index is 10.1. The number of hydrogen-bond acceptors (Lipinski definition) is 3. The molecule has 0 aliphatic rings. The van der Waals surface area contributed by atoms with E-state index in [1.165, 1.54) is 5.57 Å². The lowest BCUT2D eigenvalue weighted by Crippen LogP contribution is -2.46. The second-order valence-corrected chi connectivity index (χ2v) is 4.22. The Morgan fingerprint density at radius 3 is 2.57 bits per heavy atom. The fourth-order valence-electron chi connectivity index (χ4n) is 1.17. The molecular weight excluding hydrogens is 178 g/mol. The van der Waals surface area contributed by atoms with E-state index >= 15 is 0 Å². The summed E-state index contributed by atoms with van der Waals surface area (Å²) in [5.74, 6) is 0. The summed E-state index contributed by atoms with van der Waals surface area (Å²) in [5.41, 5.74) is 3.30. The summed E-state index contributed by atoms with van der Waals surface area (Å²) >= 11 is 0. The summed E-state index contributed by atoms with van der Waals surface area (Å²) in [6.07, 6.45) is 3.76. The predicted molar refractivity (Wildman–Crippen MR) is 58.9 cm³/mol. The van der Waals surface area contributed by atoms with Crippen LogP contribution in [-0.4, -0.2) is 23.9 Å². The maximum atomic E-state index is 10.1. The van der Waals surface area contributed by atoms with Crippen molar-refractivity contribution in [2.24, 2.45) is 0 Å². The van der Waals surface area contributed by atoms with Crippen LogP contribution in [0.1, 0.15) is 40.5 Å². The highest BCUT2D eigenvalue weighted by atomic mass is 16.6. The second kappa shape index (κ2) is 6.17. The van der Waals surface area contributed by atoms with E-state index in [9.17, 15) is 5.11 Å². The zero-order valence-electron chi connectivity index (χ0n) is 9.92. The van der Waals surface area contributed by atoms with Crippen molar-refractivity contribution in [1.29, 1.82) is 0 Å². The van der Waals surface area contributed by atoms with Crippen molar-refractivity contribution < 1.29 is 9.94 Å². The molecule has 2 unspecified atom stereocenters. The van der Waals surface area contributed by atoms with Crippen molar-refractivity contribution >= 4 is 0 Å². The van der Waals surface area contributed by atoms with Gasteiger partial charge in [-0.05, 0) is 40.5 Å². The lowest BCUT2D eigenvalue weighted by atomic mass is 9.92. The van der Waals surface area contributed by atoms with E-state index in [0.717, 1.165) is 12.8 Å². The summed E-state index contributed by atoms with van der Waals surface area (Å²) < 4.78 is 0. The van der Waals surface area contributed by atoms with Gasteiger partial charge in [0.05, 0.1) is 18.8 Å². The van der Waals surface area contributed by atoms with Gasteiger partial charge in [-0.2, -0.15) is 5.48 Å². The molecule has 2 atom stereocenters. The third-order valence-electron chi connectivity index (χ3n) is 2.43. The van der Waals surface area contributed by atoms with Crippen molar-refractivity contribution in [1.82, 2.24) is 5.48 Å². The Morgan fingerprint density at radius 1 is 1.57 bits per heavy atom. The van der Waals surface area contributed by atoms with Crippen LogP contribution in [-0.2, 0) is 4.84 Å². The summed E-state index contributed by atoms with van der Waals surface area (Å²) in [4.78, 5) is 4.79. The molecule has 0 bridgehead atoms. The molecule has 0 amide bonds. The molecule has 0 fully saturated rings. The van der Waals surface area contributed by atoms with Gasteiger partial charge in [-0.1, -0.05) is 11.6 Å². The summed E-state index contributed by atoms with van der Waals surface area (Å²) in [6.45, 7) is 7.85. The van der Waals surface area contributed by atoms with Gasteiger partial charge < -0.3 is 9.94 Å². The van der Waals surface area contributed by atoms with Gasteiger partial charge in [-0.15, -0.1) is 0 Å². The number of hydrogen-bond donors (Lipinski definition) is 2. The molecule has 0 spiro atoms. The molecular formula is C11H23NO2. The molecule has 3 heteroatoms. The zero-order valence-corrected chi connectivity index (χ0v) is 9.92. The number of aliphatic hydroxyl groups is 1. The molecule has 0 heterocycles. The summed E-state index contributed by atoms with van der Waals surface area (Å²) in [7, 11) is 1.56. The highest BCUT2D eigenvalue weighted by molar-refractivity contribution is 4.95. The minimum Gasteiger partial charge on any atom is -0.388 e. The molecule has 0 aliphatic heterocycles. The van der Waals surface area contributed by atoms with Crippen LogP contribution < -0.4 is 5.48 Å². The quantitative estimate of drug-likeness (QED) is 0.510. The monoisotopic (exact) mass is 201 g/mol. The molecule has 0 saturated carbocycles. The standard InChI is InChI=1S/C11H23NO2/c1-9(2)7-6-8-11(4,13)10(3)12-14-5/h7,10,12-13H,6,8H2,1-5H3. The first-order chi connectivity index (χ1) is 6.40. The first-order valence-electron chi connectivity index (χ1n) is 5.04. The van der Waals surface area contributed by atoms with E-state index < -0.39 is 5.60 Å². The summed E-state index contributed by atoms with van der Waals surface area (Å²) in [5, 5.41) is 10.1. The fourth-order valence-corrected chi connectivity index (χ4v) is 1.17. The van der Waals surface area contributed by atoms with Gasteiger partial charge in [0, 0.05) is 0 Å². The number of hydroxylamine groups is 1. The van der Waals surface area contributed by atoms with Gasteiger partial charge in [0.15, 0.2) is 0 Å². The highest BCUT2D eigenvalue weighted by Gasteiger charge is 2.27. The van der Waals surface area contributed by atoms with E-state index in [2.05, 4.69) is 25.4 Å². The third-order valence-corrected chi connectivity index (χ3v) is 2.43. The van der Waals surface area contributed by atoms with Gasteiger partial charge in [0.1, 0.15) is 0 Å². The largest absolute Gasteiger partial charge is 0.388 e. The molecule has 0 aromatic rings. The lowest BCUT2D eigenvalue weighted by molar-refractivity contribution is -0.0460. The normalized spacial score (nSPS) is 17.3. The van der Waals surface area contributed by atoms with E-state index in [-0.39, 0.29) is 6.04 Å². The molecule has 14 heavy (non-hydrogen) atoms. The minimum atomic E-state index is -0.734. The molecule has 84 valence electrons. The molecule has 0 saturated heterocycles. The molecule has 3 nitrogen and oxygen atoms in total. The molecule has 0 radical (unpaired) electrons. The third kappa shape index (κ3) is 5.37. The molecule has 2 N–H and O–H groups in total. The van der Waals surface area contributed by atoms with Crippen LogP contribution in [0.3, 0.4) is 0 Å². The Labute approximate surface area is 87.1 Å². The summed E-state index contributed by atoms with van der Waals surface area (Å²) in [6, 6.07) is -0.0712. The SMILES string of the molecule is CONC(C)C(C)(O)CCC=C(C)C. The molecule has 0 aromatic heterocycles. The van der Waals surface area contributed by atoms with Crippen molar-refractivity contribution in [2.75, 3.05) is 7.11 Å². The maximum Gasteiger partial charge on any atom is 0.0795 e. The van der Waals surface area contributed by atoms with Gasteiger partial charge >= 0.3 is 0 Å². The van der Waals surface area contributed by atoms with Crippen molar-refractivity contribution in [3.05, 3.63) is 11.6 Å². The second-order valence-electron chi connectivity index (χ2n) is 4.22. The predicted octanol–water partition coefficient (Wildman–Crippen LogP) is 2.02. The minimum absolute atomic E-state index is 0.0712. The number of nitrogens with one attached hydrogen (secondary N) is 1. The lowest BCUT2D eigenvalue weighted by Gasteiger charge is -2.29. The molecule has 0 rings (SSSR count). The van der Waals surface area contributed by atoms with Crippen molar-refractivity contribution in [3.8, 4) is 0 Å². The number of rotatable bonds is 6. The van der Waals surface area contributed by atoms with Crippen LogP contribution >= 0.6 is 0 Å². The van der Waals surface area contributed by atoms with E-state index in [0.29, 0.717) is 0 Å². The van der Waals surface area contributed by atoms with E-state index in [4.69, 9.17) is 4.84 Å². The Bertz CT molecular complexity index is 184. The van der Waals surface area contributed by atoms with Gasteiger partial charge in [-0.3, -0.25) is 0 Å². The van der Waals surface area contributed by atoms with Crippen LogP contribution in [0.4, 0.5) is 0 Å². The van der Waals surface area contributed by atoms with Crippen LogP contribution in [0.15, 0.2) is 11.6 Å². The molecule has 0 aliphatic carbocycles. The van der Waals surface area contributed by atoms with Crippen LogP contribution in [0.2, 0.25) is 0 Å². The van der Waals surface area contributed by atoms with Crippen molar-refractivity contribution in [2.45, 2.75) is 52.2 Å². The first kappa shape index (κ1) is 13.6. The van der Waals surface area contributed by atoms with Gasteiger partial charge in [0.2, 0.25) is 0 Å². The first-order valence-corrected chi connectivity index (χ1v) is 5.04. The van der Waals surface area contributed by atoms with Gasteiger partial charge in [-0.25, -0.2) is 0 Å². The van der Waals surface area contributed by atoms with Crippen LogP contribution in [0.5, 0.6) is 0 Å². The van der Waals surface area contributed by atoms with Crippen LogP contribution in [0, 0.1) is 0 Å². The molecule has 0 aromatic carbocycles. The smallest absolute Gasteiger partial charge is 0.0795 e. The average Bonchev–Trinajstić information content (AvgIpc) is 2.03. The Balaban J connectivity index is 3.99. The zero-order chi connectivity index (χ0) is 11.2. The Hall–Kier alpha value is -0.380. The van der Waals surface area contributed by atoms with E-state index in [1.807, 2.05) is 13.8 Å². The number of allylic oxidation sites excluding steroid dienone is 2. The Kier molecular flexibility index (Phi) is 6.00. The Morgan fingerprint density at radius 2 is 2.14 bits per heavy atom. The van der Waals surface area contributed by atoms with E-state index in [1.54, 1.807) is 7.11 Å². The average molecular weight is 201 g/mol. The van der Waals surface area contributed by atoms with Crippen LogP contribution in [0.25, 0.3) is 0 Å².